The van der Waals surface area contributed by atoms with Crippen molar-refractivity contribution < 1.29 is 9.90 Å². The molecule has 0 saturated carbocycles. The fraction of sp³-hybridized carbons (Fsp3) is 0.333. The lowest BCUT2D eigenvalue weighted by atomic mass is 10.1. The molecule has 0 saturated heterocycles. The Morgan fingerprint density at radius 3 is 3.00 bits per heavy atom. The maximum absolute atomic E-state index is 12.3. The fourth-order valence-corrected chi connectivity index (χ4v) is 2.17. The van der Waals surface area contributed by atoms with E-state index in [1.165, 1.54) is 6.20 Å². The number of aliphatic hydroxyl groups is 1. The number of nitrogen functional groups attached to an aromatic ring is 1. The van der Waals surface area contributed by atoms with Gasteiger partial charge in [0, 0.05) is 18.8 Å². The molecule has 0 unspecified atom stereocenters. The molecule has 0 spiro atoms. The number of anilines is 2. The van der Waals surface area contributed by atoms with Crippen molar-refractivity contribution >= 4 is 17.3 Å². The summed E-state index contributed by atoms with van der Waals surface area (Å²) in [6.07, 6.45) is 2.96. The highest BCUT2D eigenvalue weighted by Crippen LogP contribution is 2.16. The molecular weight excluding hydrogens is 268 g/mol. The van der Waals surface area contributed by atoms with Crippen molar-refractivity contribution in [3.8, 4) is 0 Å². The summed E-state index contributed by atoms with van der Waals surface area (Å²) in [6.45, 7) is 2.64. The van der Waals surface area contributed by atoms with Crippen LogP contribution in [0.3, 0.4) is 0 Å². The molecule has 2 aromatic rings. The summed E-state index contributed by atoms with van der Waals surface area (Å²) in [5, 5.41) is 15.8. The van der Waals surface area contributed by atoms with E-state index < -0.39 is 0 Å². The quantitative estimate of drug-likeness (QED) is 0.753. The Morgan fingerprint density at radius 2 is 2.29 bits per heavy atom. The molecule has 0 atom stereocenters. The third-order valence-corrected chi connectivity index (χ3v) is 3.19. The molecule has 4 N–H and O–H groups in total. The van der Waals surface area contributed by atoms with Crippen LogP contribution in [0.2, 0.25) is 0 Å². The highest BCUT2D eigenvalue weighted by atomic mass is 16.2. The fourth-order valence-electron chi connectivity index (χ4n) is 2.17. The molecular formula is C15H20N4O2. The van der Waals surface area contributed by atoms with Crippen LogP contribution in [0.15, 0.2) is 30.5 Å². The minimum absolute atomic E-state index is 0.156. The minimum Gasteiger partial charge on any atom is -0.396 e. The Kier molecular flexibility index (Phi) is 4.94. The topological polar surface area (TPSA) is 93.2 Å². The summed E-state index contributed by atoms with van der Waals surface area (Å²) in [6, 6.07) is 7.57. The predicted molar refractivity (Wildman–Crippen MR) is 82.1 cm³/mol. The van der Waals surface area contributed by atoms with Crippen LogP contribution < -0.4 is 11.1 Å². The van der Waals surface area contributed by atoms with Gasteiger partial charge in [-0.15, -0.1) is 0 Å². The zero-order valence-corrected chi connectivity index (χ0v) is 12.0. The number of aliphatic hydroxyl groups excluding tert-OH is 1. The van der Waals surface area contributed by atoms with E-state index in [-0.39, 0.29) is 12.5 Å². The molecule has 0 radical (unpaired) electrons. The number of benzene rings is 1. The van der Waals surface area contributed by atoms with E-state index in [0.29, 0.717) is 30.0 Å². The number of nitrogens with zero attached hydrogens (tertiary/aromatic N) is 2. The van der Waals surface area contributed by atoms with E-state index in [1.807, 2.05) is 31.2 Å². The summed E-state index contributed by atoms with van der Waals surface area (Å²) in [5.74, 6) is -0.272. The van der Waals surface area contributed by atoms with Gasteiger partial charge in [-0.25, -0.2) is 0 Å². The van der Waals surface area contributed by atoms with Crippen LogP contribution in [0.1, 0.15) is 29.4 Å². The number of nitrogens with two attached hydrogens (primary N) is 1. The summed E-state index contributed by atoms with van der Waals surface area (Å²) in [4.78, 5) is 12.3. The van der Waals surface area contributed by atoms with Crippen LogP contribution in [-0.2, 0) is 13.0 Å². The van der Waals surface area contributed by atoms with Gasteiger partial charge in [0.15, 0.2) is 0 Å². The van der Waals surface area contributed by atoms with Crippen LogP contribution in [0.25, 0.3) is 0 Å². The van der Waals surface area contributed by atoms with Crippen molar-refractivity contribution in [3.05, 3.63) is 41.7 Å². The average molecular weight is 288 g/mol. The molecule has 0 aliphatic carbocycles. The number of hydrogen-bond acceptors (Lipinski definition) is 4. The van der Waals surface area contributed by atoms with Gasteiger partial charge in [0.25, 0.3) is 5.91 Å². The number of hydrogen-bond donors (Lipinski definition) is 3. The summed E-state index contributed by atoms with van der Waals surface area (Å²) in [5.41, 5.74) is 8.31. The lowest BCUT2D eigenvalue weighted by molar-refractivity contribution is 0.101. The first kappa shape index (κ1) is 15.1. The monoisotopic (exact) mass is 288 g/mol. The third kappa shape index (κ3) is 3.61. The molecule has 0 aliphatic rings. The lowest BCUT2D eigenvalue weighted by Crippen LogP contribution is -2.18. The van der Waals surface area contributed by atoms with Crippen LogP contribution in [0, 0.1) is 0 Å². The van der Waals surface area contributed by atoms with Gasteiger partial charge in [0.1, 0.15) is 5.69 Å². The van der Waals surface area contributed by atoms with E-state index in [0.717, 1.165) is 12.0 Å². The molecule has 6 heteroatoms. The lowest BCUT2D eigenvalue weighted by Gasteiger charge is -2.09. The van der Waals surface area contributed by atoms with Gasteiger partial charge >= 0.3 is 0 Å². The molecule has 21 heavy (non-hydrogen) atoms. The summed E-state index contributed by atoms with van der Waals surface area (Å²) in [7, 11) is 0. The Hall–Kier alpha value is -2.34. The van der Waals surface area contributed by atoms with Crippen molar-refractivity contribution in [1.29, 1.82) is 0 Å². The molecule has 6 nitrogen and oxygen atoms in total. The first-order valence-electron chi connectivity index (χ1n) is 6.98. The van der Waals surface area contributed by atoms with Crippen LogP contribution >= 0.6 is 0 Å². The molecule has 1 aromatic heterocycles. The van der Waals surface area contributed by atoms with Crippen LogP contribution in [0.5, 0.6) is 0 Å². The van der Waals surface area contributed by atoms with E-state index >= 15 is 0 Å². The minimum atomic E-state index is -0.272. The Bertz CT molecular complexity index is 622. The van der Waals surface area contributed by atoms with E-state index in [2.05, 4.69) is 10.4 Å². The number of carbonyl (C=O) groups is 1. The van der Waals surface area contributed by atoms with Gasteiger partial charge in [-0.3, -0.25) is 9.48 Å². The SMILES string of the molecule is CCn1ncc(N)c1C(=O)Nc1cccc(CCCO)c1. The second-order valence-corrected chi connectivity index (χ2v) is 4.75. The number of nitrogens with one attached hydrogen (secondary N) is 1. The standard InChI is InChI=1S/C15H20N4O2/c1-2-19-14(13(16)10-17-19)15(21)18-12-7-3-5-11(9-12)6-4-8-20/h3,5,7,9-10,20H,2,4,6,8,16H2,1H3,(H,18,21). The van der Waals surface area contributed by atoms with Gasteiger partial charge < -0.3 is 16.2 Å². The van der Waals surface area contributed by atoms with Crippen molar-refractivity contribution in [2.24, 2.45) is 0 Å². The van der Waals surface area contributed by atoms with Crippen molar-refractivity contribution in [2.45, 2.75) is 26.3 Å². The number of amides is 1. The van der Waals surface area contributed by atoms with Gasteiger partial charge in [0.05, 0.1) is 11.9 Å². The van der Waals surface area contributed by atoms with Gasteiger partial charge in [-0.05, 0) is 37.5 Å². The molecule has 0 aliphatic heterocycles. The maximum Gasteiger partial charge on any atom is 0.276 e. The Morgan fingerprint density at radius 1 is 1.48 bits per heavy atom. The second-order valence-electron chi connectivity index (χ2n) is 4.75. The summed E-state index contributed by atoms with van der Waals surface area (Å²) < 4.78 is 1.57. The van der Waals surface area contributed by atoms with Gasteiger partial charge in [-0.2, -0.15) is 5.10 Å². The van der Waals surface area contributed by atoms with Crippen molar-refractivity contribution in [1.82, 2.24) is 9.78 Å². The molecule has 1 amide bonds. The Balaban J connectivity index is 2.14. The molecule has 112 valence electrons. The first-order chi connectivity index (χ1) is 10.2. The number of aryl methyl sites for hydroxylation is 2. The molecule has 1 aromatic carbocycles. The third-order valence-electron chi connectivity index (χ3n) is 3.19. The van der Waals surface area contributed by atoms with E-state index in [9.17, 15) is 4.79 Å². The first-order valence-corrected chi connectivity index (χ1v) is 6.98. The smallest absolute Gasteiger partial charge is 0.276 e. The normalized spacial score (nSPS) is 10.6. The highest BCUT2D eigenvalue weighted by Gasteiger charge is 2.16. The maximum atomic E-state index is 12.3. The summed E-state index contributed by atoms with van der Waals surface area (Å²) >= 11 is 0. The largest absolute Gasteiger partial charge is 0.396 e. The molecule has 0 bridgehead atoms. The van der Waals surface area contributed by atoms with Gasteiger partial charge in [-0.1, -0.05) is 12.1 Å². The van der Waals surface area contributed by atoms with Gasteiger partial charge in [0.2, 0.25) is 0 Å². The predicted octanol–water partition coefficient (Wildman–Crippen LogP) is 1.66. The number of carbonyl (C=O) groups excluding carboxylic acids is 1. The molecule has 0 fully saturated rings. The zero-order chi connectivity index (χ0) is 15.2. The number of rotatable bonds is 6. The van der Waals surface area contributed by atoms with Crippen molar-refractivity contribution in [3.63, 3.8) is 0 Å². The van der Waals surface area contributed by atoms with Crippen molar-refractivity contribution in [2.75, 3.05) is 17.7 Å². The average Bonchev–Trinajstić information content (AvgIpc) is 2.86. The van der Waals surface area contributed by atoms with E-state index in [1.54, 1.807) is 4.68 Å². The van der Waals surface area contributed by atoms with Crippen LogP contribution in [0.4, 0.5) is 11.4 Å². The molecule has 2 rings (SSSR count). The Labute approximate surface area is 123 Å². The van der Waals surface area contributed by atoms with Crippen LogP contribution in [-0.4, -0.2) is 27.4 Å². The highest BCUT2D eigenvalue weighted by molar-refractivity contribution is 6.06. The van der Waals surface area contributed by atoms with E-state index in [4.69, 9.17) is 10.8 Å². The number of aromatic nitrogens is 2. The second kappa shape index (κ2) is 6.90. The molecule has 1 heterocycles. The zero-order valence-electron chi connectivity index (χ0n) is 12.0.